The Kier molecular flexibility index (Phi) is 5.93. The van der Waals surface area contributed by atoms with E-state index in [2.05, 4.69) is 37.6 Å². The Balaban J connectivity index is 1.41. The minimum Gasteiger partial charge on any atom is -0.364 e. The standard InChI is InChI=1S/C26H24N6O/c33-25(29-16-19-8-2-1-3-9-19)22-18-30-26(32-15-13-20-10-4-5-12-23(20)32)31-24(22)28-17-21-11-6-7-14-27-21/h1-12,14,18H,13,15-17H2,(H,29,33)(H,28,30,31). The van der Waals surface area contributed by atoms with Gasteiger partial charge < -0.3 is 15.5 Å². The largest absolute Gasteiger partial charge is 0.364 e. The van der Waals surface area contributed by atoms with Gasteiger partial charge in [0.25, 0.3) is 5.91 Å². The number of carbonyl (C=O) groups excluding carboxylic acids is 1. The molecule has 2 N–H and O–H groups in total. The number of rotatable bonds is 7. The highest BCUT2D eigenvalue weighted by atomic mass is 16.1. The van der Waals surface area contributed by atoms with E-state index in [9.17, 15) is 4.79 Å². The highest BCUT2D eigenvalue weighted by molar-refractivity contribution is 5.98. The van der Waals surface area contributed by atoms with Gasteiger partial charge in [0.15, 0.2) is 0 Å². The molecule has 0 unspecified atom stereocenters. The Morgan fingerprint density at radius 3 is 2.58 bits per heavy atom. The average Bonchev–Trinajstić information content (AvgIpc) is 3.31. The quantitative estimate of drug-likeness (QED) is 0.454. The molecule has 2 aromatic heterocycles. The number of para-hydroxylation sites is 1. The van der Waals surface area contributed by atoms with Crippen molar-refractivity contribution >= 4 is 23.4 Å². The maximum absolute atomic E-state index is 13.0. The van der Waals surface area contributed by atoms with Gasteiger partial charge in [0.2, 0.25) is 5.95 Å². The van der Waals surface area contributed by atoms with E-state index in [1.807, 2.05) is 60.7 Å². The van der Waals surface area contributed by atoms with E-state index >= 15 is 0 Å². The Hall–Kier alpha value is -4.26. The van der Waals surface area contributed by atoms with Gasteiger partial charge in [-0.1, -0.05) is 54.6 Å². The summed E-state index contributed by atoms with van der Waals surface area (Å²) in [5.74, 6) is 0.833. The molecule has 7 nitrogen and oxygen atoms in total. The topological polar surface area (TPSA) is 83.0 Å². The van der Waals surface area contributed by atoms with Gasteiger partial charge in [-0.15, -0.1) is 0 Å². The Morgan fingerprint density at radius 2 is 1.73 bits per heavy atom. The number of hydrogen-bond acceptors (Lipinski definition) is 6. The third-order valence-corrected chi connectivity index (χ3v) is 5.61. The summed E-state index contributed by atoms with van der Waals surface area (Å²) >= 11 is 0. The molecular formula is C26H24N6O. The fourth-order valence-electron chi connectivity index (χ4n) is 3.90. The lowest BCUT2D eigenvalue weighted by Crippen LogP contribution is -2.26. The molecule has 0 aliphatic carbocycles. The summed E-state index contributed by atoms with van der Waals surface area (Å²) in [5.41, 5.74) is 4.67. The van der Waals surface area contributed by atoms with Crippen LogP contribution in [0.3, 0.4) is 0 Å². The van der Waals surface area contributed by atoms with Crippen LogP contribution in [-0.2, 0) is 19.5 Å². The van der Waals surface area contributed by atoms with Crippen LogP contribution in [0.2, 0.25) is 0 Å². The number of fused-ring (bicyclic) bond motifs is 1. The number of benzene rings is 2. The number of nitrogens with one attached hydrogen (secondary N) is 2. The minimum atomic E-state index is -0.226. The monoisotopic (exact) mass is 436 g/mol. The predicted octanol–water partition coefficient (Wildman–Crippen LogP) is 4.11. The summed E-state index contributed by atoms with van der Waals surface area (Å²) in [6, 6.07) is 23.8. The van der Waals surface area contributed by atoms with Crippen molar-refractivity contribution in [3.8, 4) is 0 Å². The molecule has 0 saturated carbocycles. The number of carbonyl (C=O) groups is 1. The molecule has 4 aromatic rings. The number of aromatic nitrogens is 3. The SMILES string of the molecule is O=C(NCc1ccccc1)c1cnc(N2CCc3ccccc32)nc1NCc1ccccn1. The zero-order valence-corrected chi connectivity index (χ0v) is 18.1. The van der Waals surface area contributed by atoms with Crippen LogP contribution in [0, 0.1) is 0 Å². The predicted molar refractivity (Wildman–Crippen MR) is 128 cm³/mol. The smallest absolute Gasteiger partial charge is 0.256 e. The van der Waals surface area contributed by atoms with Crippen molar-refractivity contribution in [3.05, 3.63) is 108 Å². The van der Waals surface area contributed by atoms with E-state index in [1.165, 1.54) is 5.56 Å². The maximum Gasteiger partial charge on any atom is 0.256 e. The molecule has 0 saturated heterocycles. The Morgan fingerprint density at radius 1 is 0.909 bits per heavy atom. The van der Waals surface area contributed by atoms with E-state index in [1.54, 1.807) is 12.4 Å². The number of pyridine rings is 1. The van der Waals surface area contributed by atoms with Crippen molar-refractivity contribution in [1.29, 1.82) is 0 Å². The van der Waals surface area contributed by atoms with E-state index in [0.717, 1.165) is 29.9 Å². The van der Waals surface area contributed by atoms with Crippen molar-refractivity contribution in [2.45, 2.75) is 19.5 Å². The highest BCUT2D eigenvalue weighted by Crippen LogP contribution is 2.33. The van der Waals surface area contributed by atoms with Crippen LogP contribution in [0.5, 0.6) is 0 Å². The molecule has 3 heterocycles. The maximum atomic E-state index is 13.0. The molecule has 0 fully saturated rings. The second-order valence-corrected chi connectivity index (χ2v) is 7.81. The van der Waals surface area contributed by atoms with Gasteiger partial charge in [0, 0.05) is 31.2 Å². The summed E-state index contributed by atoms with van der Waals surface area (Å²) in [6.07, 6.45) is 4.29. The molecule has 2 aromatic carbocycles. The van der Waals surface area contributed by atoms with E-state index < -0.39 is 0 Å². The second-order valence-electron chi connectivity index (χ2n) is 7.81. The van der Waals surface area contributed by atoms with Gasteiger partial charge in [-0.2, -0.15) is 4.98 Å². The fraction of sp³-hybridized carbons (Fsp3) is 0.154. The Labute approximate surface area is 192 Å². The van der Waals surface area contributed by atoms with Crippen LogP contribution in [0.15, 0.2) is 85.2 Å². The zero-order valence-electron chi connectivity index (χ0n) is 18.1. The van der Waals surface area contributed by atoms with Gasteiger partial charge in [-0.3, -0.25) is 9.78 Å². The van der Waals surface area contributed by atoms with Crippen molar-refractivity contribution in [2.24, 2.45) is 0 Å². The molecule has 7 heteroatoms. The van der Waals surface area contributed by atoms with Crippen LogP contribution >= 0.6 is 0 Å². The normalized spacial score (nSPS) is 12.3. The van der Waals surface area contributed by atoms with Gasteiger partial charge in [-0.25, -0.2) is 4.98 Å². The molecule has 33 heavy (non-hydrogen) atoms. The van der Waals surface area contributed by atoms with Crippen LogP contribution in [0.4, 0.5) is 17.5 Å². The molecule has 1 amide bonds. The molecule has 164 valence electrons. The number of amides is 1. The lowest BCUT2D eigenvalue weighted by molar-refractivity contribution is 0.0951. The first-order valence-corrected chi connectivity index (χ1v) is 11.0. The minimum absolute atomic E-state index is 0.226. The first kappa shape index (κ1) is 20.6. The van der Waals surface area contributed by atoms with Crippen LogP contribution in [0.25, 0.3) is 0 Å². The van der Waals surface area contributed by atoms with Crippen LogP contribution in [0.1, 0.15) is 27.2 Å². The van der Waals surface area contributed by atoms with Crippen molar-refractivity contribution in [2.75, 3.05) is 16.8 Å². The zero-order chi connectivity index (χ0) is 22.5. The summed E-state index contributed by atoms with van der Waals surface area (Å²) < 4.78 is 0. The molecule has 1 aliphatic heterocycles. The summed E-state index contributed by atoms with van der Waals surface area (Å²) in [6.45, 7) is 1.69. The number of nitrogens with zero attached hydrogens (tertiary/aromatic N) is 4. The second kappa shape index (κ2) is 9.48. The molecule has 5 rings (SSSR count). The Bertz CT molecular complexity index is 1250. The van der Waals surface area contributed by atoms with Crippen molar-refractivity contribution < 1.29 is 4.79 Å². The first-order valence-electron chi connectivity index (χ1n) is 11.0. The van der Waals surface area contributed by atoms with E-state index in [0.29, 0.717) is 30.4 Å². The first-order chi connectivity index (χ1) is 16.3. The summed E-state index contributed by atoms with van der Waals surface area (Å²) in [5, 5.41) is 6.27. The number of anilines is 3. The highest BCUT2D eigenvalue weighted by Gasteiger charge is 2.24. The lowest BCUT2D eigenvalue weighted by Gasteiger charge is -2.19. The number of hydrogen-bond donors (Lipinski definition) is 2. The van der Waals surface area contributed by atoms with Gasteiger partial charge in [-0.05, 0) is 35.7 Å². The summed E-state index contributed by atoms with van der Waals surface area (Å²) in [4.78, 5) is 28.8. The molecule has 0 spiro atoms. The van der Waals surface area contributed by atoms with Gasteiger partial charge >= 0.3 is 0 Å². The fourth-order valence-corrected chi connectivity index (χ4v) is 3.90. The lowest BCUT2D eigenvalue weighted by atomic mass is 10.2. The molecule has 1 aliphatic rings. The molecular weight excluding hydrogens is 412 g/mol. The third kappa shape index (κ3) is 4.67. The molecule has 0 bridgehead atoms. The summed E-state index contributed by atoms with van der Waals surface area (Å²) in [7, 11) is 0. The van der Waals surface area contributed by atoms with Crippen LogP contribution in [-0.4, -0.2) is 27.4 Å². The van der Waals surface area contributed by atoms with Gasteiger partial charge in [0.05, 0.1) is 12.2 Å². The van der Waals surface area contributed by atoms with Gasteiger partial charge in [0.1, 0.15) is 11.4 Å². The van der Waals surface area contributed by atoms with Crippen LogP contribution < -0.4 is 15.5 Å². The molecule has 0 radical (unpaired) electrons. The van der Waals surface area contributed by atoms with Crippen molar-refractivity contribution in [1.82, 2.24) is 20.3 Å². The third-order valence-electron chi connectivity index (χ3n) is 5.61. The van der Waals surface area contributed by atoms with E-state index in [-0.39, 0.29) is 5.91 Å². The molecule has 0 atom stereocenters. The average molecular weight is 437 g/mol. The van der Waals surface area contributed by atoms with Crippen molar-refractivity contribution in [3.63, 3.8) is 0 Å². The van der Waals surface area contributed by atoms with E-state index in [4.69, 9.17) is 4.98 Å².